The molecule has 0 amide bonds. The molecule has 0 aromatic rings. The third kappa shape index (κ3) is 2.82. The third-order valence-electron chi connectivity index (χ3n) is 1.24. The summed E-state index contributed by atoms with van der Waals surface area (Å²) in [5.74, 6) is -2.72. The van der Waals surface area contributed by atoms with Crippen LogP contribution in [0.25, 0.3) is 0 Å². The van der Waals surface area contributed by atoms with E-state index in [1.165, 1.54) is 6.92 Å². The van der Waals surface area contributed by atoms with Crippen molar-refractivity contribution < 1.29 is 24.4 Å². The molecule has 64 valence electrons. The van der Waals surface area contributed by atoms with Crippen molar-refractivity contribution in [1.29, 1.82) is 0 Å². The van der Waals surface area contributed by atoms with Crippen molar-refractivity contribution >= 4 is 19.6 Å². The highest BCUT2D eigenvalue weighted by Crippen LogP contribution is 2.26. The summed E-state index contributed by atoms with van der Waals surface area (Å²) in [6, 6.07) is 0. The minimum atomic E-state index is -2.48. The first-order valence-corrected chi connectivity index (χ1v) is 4.60. The Morgan fingerprint density at radius 1 is 1.55 bits per heavy atom. The van der Waals surface area contributed by atoms with E-state index in [1.807, 2.05) is 0 Å². The standard InChI is InChI=1S/C5H9O5P/c1-3(11(10)2-6)4(7)5(8)9/h3,6,11H,2H2,1H3,(H,8,9). The van der Waals surface area contributed by atoms with E-state index in [9.17, 15) is 14.2 Å². The van der Waals surface area contributed by atoms with Gasteiger partial charge in [0.2, 0.25) is 5.78 Å². The highest BCUT2D eigenvalue weighted by atomic mass is 31.1. The summed E-state index contributed by atoms with van der Waals surface area (Å²) >= 11 is 0. The van der Waals surface area contributed by atoms with Crippen molar-refractivity contribution in [1.82, 2.24) is 0 Å². The van der Waals surface area contributed by atoms with Crippen molar-refractivity contribution in [3.8, 4) is 0 Å². The van der Waals surface area contributed by atoms with Crippen LogP contribution in [0.5, 0.6) is 0 Å². The number of rotatable bonds is 4. The first-order chi connectivity index (χ1) is 5.00. The first kappa shape index (κ1) is 10.3. The fraction of sp³-hybridized carbons (Fsp3) is 0.600. The van der Waals surface area contributed by atoms with E-state index in [4.69, 9.17) is 10.2 Å². The van der Waals surface area contributed by atoms with Crippen LogP contribution in [-0.4, -0.2) is 34.0 Å². The van der Waals surface area contributed by atoms with Crippen molar-refractivity contribution in [3.63, 3.8) is 0 Å². The van der Waals surface area contributed by atoms with Crippen molar-refractivity contribution in [2.75, 3.05) is 6.35 Å². The Morgan fingerprint density at radius 2 is 2.00 bits per heavy atom. The zero-order valence-corrected chi connectivity index (χ0v) is 6.90. The number of carboxylic acids is 1. The van der Waals surface area contributed by atoms with E-state index in [0.29, 0.717) is 0 Å². The Morgan fingerprint density at radius 3 is 2.27 bits per heavy atom. The van der Waals surface area contributed by atoms with Gasteiger partial charge in [-0.1, -0.05) is 0 Å². The number of aliphatic hydroxyl groups excluding tert-OH is 1. The summed E-state index contributed by atoms with van der Waals surface area (Å²) in [5.41, 5.74) is -1.07. The average Bonchev–Trinajstić information content (AvgIpc) is 2.00. The number of ketones is 1. The molecule has 0 aliphatic carbocycles. The lowest BCUT2D eigenvalue weighted by molar-refractivity contribution is -0.148. The number of Topliss-reactive ketones (excluding diaryl/α,β-unsaturated/α-hetero) is 1. The number of hydrogen-bond donors (Lipinski definition) is 2. The minimum absolute atomic E-state index is 0.620. The lowest BCUT2D eigenvalue weighted by Gasteiger charge is -2.03. The van der Waals surface area contributed by atoms with Gasteiger partial charge in [-0.25, -0.2) is 4.79 Å². The maximum atomic E-state index is 10.7. The Labute approximate surface area is 63.8 Å². The molecule has 0 spiro atoms. The molecule has 0 saturated carbocycles. The van der Waals surface area contributed by atoms with Crippen LogP contribution in [0.1, 0.15) is 6.92 Å². The first-order valence-electron chi connectivity index (χ1n) is 2.91. The number of hydrogen-bond acceptors (Lipinski definition) is 4. The van der Waals surface area contributed by atoms with Crippen LogP contribution in [0.4, 0.5) is 0 Å². The normalized spacial score (nSPS) is 15.5. The van der Waals surface area contributed by atoms with Gasteiger partial charge >= 0.3 is 5.97 Å². The molecule has 0 saturated heterocycles. The van der Waals surface area contributed by atoms with Gasteiger partial charge in [-0.15, -0.1) is 0 Å². The van der Waals surface area contributed by atoms with E-state index >= 15 is 0 Å². The van der Waals surface area contributed by atoms with Crippen molar-refractivity contribution in [3.05, 3.63) is 0 Å². The molecule has 0 aliphatic heterocycles. The molecule has 6 heteroatoms. The number of carboxylic acid groups (broad SMARTS) is 1. The van der Waals surface area contributed by atoms with Crippen molar-refractivity contribution in [2.24, 2.45) is 0 Å². The van der Waals surface area contributed by atoms with E-state index in [1.54, 1.807) is 0 Å². The largest absolute Gasteiger partial charge is 0.475 e. The van der Waals surface area contributed by atoms with Gasteiger partial charge in [-0.3, -0.25) is 4.79 Å². The molecule has 2 atom stereocenters. The molecule has 0 radical (unpaired) electrons. The van der Waals surface area contributed by atoms with Gasteiger partial charge in [-0.2, -0.15) is 0 Å². The smallest absolute Gasteiger partial charge is 0.372 e. The summed E-state index contributed by atoms with van der Waals surface area (Å²) < 4.78 is 10.7. The van der Waals surface area contributed by atoms with Crippen LogP contribution in [0.3, 0.4) is 0 Å². The quantitative estimate of drug-likeness (QED) is 0.451. The highest BCUT2D eigenvalue weighted by Gasteiger charge is 2.24. The molecule has 2 unspecified atom stereocenters. The number of carbonyl (C=O) groups excluding carboxylic acids is 1. The fourth-order valence-electron chi connectivity index (χ4n) is 0.468. The molecule has 0 aliphatic rings. The monoisotopic (exact) mass is 180 g/mol. The summed E-state index contributed by atoms with van der Waals surface area (Å²) in [6.07, 6.45) is -0.620. The van der Waals surface area contributed by atoms with Crippen LogP contribution < -0.4 is 0 Å². The van der Waals surface area contributed by atoms with Gasteiger partial charge in [0, 0.05) is 0 Å². The third-order valence-corrected chi connectivity index (χ3v) is 2.78. The molecule has 0 heterocycles. The Balaban J connectivity index is 4.25. The minimum Gasteiger partial charge on any atom is -0.475 e. The average molecular weight is 180 g/mol. The predicted molar refractivity (Wildman–Crippen MR) is 38.2 cm³/mol. The van der Waals surface area contributed by atoms with Crippen molar-refractivity contribution in [2.45, 2.75) is 12.6 Å². The topological polar surface area (TPSA) is 91.7 Å². The van der Waals surface area contributed by atoms with Gasteiger partial charge in [0.15, 0.2) is 0 Å². The van der Waals surface area contributed by atoms with Crippen LogP contribution in [0, 0.1) is 0 Å². The molecular formula is C5H9O5P. The lowest BCUT2D eigenvalue weighted by atomic mass is 10.3. The molecule has 0 aromatic carbocycles. The molecule has 11 heavy (non-hydrogen) atoms. The fourth-order valence-corrected chi connectivity index (χ4v) is 1.16. The molecule has 0 bridgehead atoms. The van der Waals surface area contributed by atoms with Gasteiger partial charge < -0.3 is 14.8 Å². The molecule has 0 rings (SSSR count). The van der Waals surface area contributed by atoms with Gasteiger partial charge in [0.05, 0.1) is 12.0 Å². The van der Waals surface area contributed by atoms with Gasteiger partial charge in [0.25, 0.3) is 0 Å². The summed E-state index contributed by atoms with van der Waals surface area (Å²) in [5, 5.41) is 16.5. The lowest BCUT2D eigenvalue weighted by Crippen LogP contribution is -2.23. The number of aliphatic carboxylic acids is 1. The molecule has 0 aromatic heterocycles. The van der Waals surface area contributed by atoms with E-state index in [-0.39, 0.29) is 0 Å². The zero-order chi connectivity index (χ0) is 9.02. The number of carbonyl (C=O) groups is 2. The Hall–Kier alpha value is -0.670. The molecule has 0 fully saturated rings. The predicted octanol–water partition coefficient (Wildman–Crippen LogP) is -0.462. The Bertz CT molecular complexity index is 199. The van der Waals surface area contributed by atoms with E-state index < -0.39 is 31.6 Å². The summed E-state index contributed by atoms with van der Waals surface area (Å²) in [6.45, 7) is 1.23. The SMILES string of the molecule is CC(C(=O)C(=O)O)[PH](=O)CO. The van der Waals surface area contributed by atoms with Crippen LogP contribution in [-0.2, 0) is 14.2 Å². The summed E-state index contributed by atoms with van der Waals surface area (Å²) in [4.78, 5) is 20.6. The number of aliphatic hydroxyl groups is 1. The zero-order valence-electron chi connectivity index (χ0n) is 5.90. The van der Waals surface area contributed by atoms with Gasteiger partial charge in [-0.05, 0) is 6.92 Å². The second-order valence-electron chi connectivity index (χ2n) is 2.02. The maximum Gasteiger partial charge on any atom is 0.372 e. The van der Waals surface area contributed by atoms with Crippen LogP contribution >= 0.6 is 7.80 Å². The van der Waals surface area contributed by atoms with Crippen LogP contribution in [0.15, 0.2) is 0 Å². The molecular weight excluding hydrogens is 171 g/mol. The maximum absolute atomic E-state index is 10.7. The second-order valence-corrected chi connectivity index (χ2v) is 4.13. The summed E-state index contributed by atoms with van der Waals surface area (Å²) in [7, 11) is -2.48. The van der Waals surface area contributed by atoms with E-state index in [2.05, 4.69) is 0 Å². The molecule has 5 nitrogen and oxygen atoms in total. The highest BCUT2D eigenvalue weighted by molar-refractivity contribution is 7.46. The van der Waals surface area contributed by atoms with E-state index in [0.717, 1.165) is 0 Å². The Kier molecular flexibility index (Phi) is 4.00. The second kappa shape index (κ2) is 4.26. The van der Waals surface area contributed by atoms with Crippen LogP contribution in [0.2, 0.25) is 0 Å². The molecule has 2 N–H and O–H groups in total. The van der Waals surface area contributed by atoms with Gasteiger partial charge in [0.1, 0.15) is 7.80 Å².